The molecule has 2 N–H and O–H groups in total. The fraction of sp³-hybridized carbons (Fsp3) is 0.150. The average molecular weight is 365 g/mol. The Balaban J connectivity index is 1.59. The number of carbonyl (C=O) groups is 2. The van der Waals surface area contributed by atoms with Crippen molar-refractivity contribution >= 4 is 45.9 Å². The van der Waals surface area contributed by atoms with Crippen molar-refractivity contribution in [2.75, 3.05) is 16.4 Å². The number of hydrogen-bond acceptors (Lipinski definition) is 4. The van der Waals surface area contributed by atoms with Gasteiger partial charge in [0, 0.05) is 23.7 Å². The highest BCUT2D eigenvalue weighted by molar-refractivity contribution is 7.99. The molecule has 3 rings (SSSR count). The Bertz CT molecular complexity index is 955. The number of carbonyl (C=O) groups excluding carboxylic acids is 2. The number of pyridine rings is 1. The summed E-state index contributed by atoms with van der Waals surface area (Å²) in [5, 5.41) is 7.49. The lowest BCUT2D eigenvalue weighted by molar-refractivity contribution is -0.114. The van der Waals surface area contributed by atoms with Crippen molar-refractivity contribution in [1.29, 1.82) is 0 Å². The third kappa shape index (κ3) is 4.61. The van der Waals surface area contributed by atoms with E-state index in [-0.39, 0.29) is 17.6 Å². The molecule has 26 heavy (non-hydrogen) atoms. The first-order valence-electron chi connectivity index (χ1n) is 8.18. The van der Waals surface area contributed by atoms with Crippen molar-refractivity contribution in [3.05, 3.63) is 60.2 Å². The number of nitrogens with zero attached hydrogens (tertiary/aromatic N) is 1. The second kappa shape index (κ2) is 8.01. The van der Waals surface area contributed by atoms with Gasteiger partial charge in [0.15, 0.2) is 0 Å². The predicted molar refractivity (Wildman–Crippen MR) is 107 cm³/mol. The standard InChI is InChI=1S/C20H19N3O2S/c1-13-11-20(23-18-6-4-3-5-17(13)18)26-12-19(25)22-16-9-7-15(8-10-16)21-14(2)24/h3-11H,12H2,1-2H3,(H,21,24)(H,22,25). The largest absolute Gasteiger partial charge is 0.326 e. The summed E-state index contributed by atoms with van der Waals surface area (Å²) in [6.45, 7) is 3.50. The molecule has 0 radical (unpaired) electrons. The van der Waals surface area contributed by atoms with Gasteiger partial charge in [-0.1, -0.05) is 30.0 Å². The number of benzene rings is 2. The molecule has 1 aromatic heterocycles. The highest BCUT2D eigenvalue weighted by Gasteiger charge is 2.07. The van der Waals surface area contributed by atoms with Crippen LogP contribution in [0.4, 0.5) is 11.4 Å². The van der Waals surface area contributed by atoms with Crippen LogP contribution in [0, 0.1) is 6.92 Å². The Morgan fingerprint density at radius 3 is 2.35 bits per heavy atom. The molecule has 2 aromatic carbocycles. The molecule has 0 saturated carbocycles. The van der Waals surface area contributed by atoms with Crippen molar-refractivity contribution in [1.82, 2.24) is 4.98 Å². The van der Waals surface area contributed by atoms with Crippen LogP contribution >= 0.6 is 11.8 Å². The Hall–Kier alpha value is -2.86. The van der Waals surface area contributed by atoms with E-state index in [2.05, 4.69) is 15.6 Å². The lowest BCUT2D eigenvalue weighted by atomic mass is 10.1. The third-order valence-electron chi connectivity index (χ3n) is 3.74. The van der Waals surface area contributed by atoms with E-state index >= 15 is 0 Å². The van der Waals surface area contributed by atoms with Crippen LogP contribution in [0.1, 0.15) is 12.5 Å². The zero-order valence-electron chi connectivity index (χ0n) is 14.6. The second-order valence-corrected chi connectivity index (χ2v) is 6.89. The maximum absolute atomic E-state index is 12.2. The van der Waals surface area contributed by atoms with Crippen molar-refractivity contribution in [2.24, 2.45) is 0 Å². The summed E-state index contributed by atoms with van der Waals surface area (Å²) < 4.78 is 0. The van der Waals surface area contributed by atoms with Crippen LogP contribution in [0.5, 0.6) is 0 Å². The molecule has 0 saturated heterocycles. The fourth-order valence-electron chi connectivity index (χ4n) is 2.57. The summed E-state index contributed by atoms with van der Waals surface area (Å²) in [6.07, 6.45) is 0. The summed E-state index contributed by atoms with van der Waals surface area (Å²) >= 11 is 1.41. The average Bonchev–Trinajstić information content (AvgIpc) is 2.61. The molecule has 0 aliphatic carbocycles. The van der Waals surface area contributed by atoms with Crippen LogP contribution in [0.15, 0.2) is 59.6 Å². The van der Waals surface area contributed by atoms with E-state index in [1.165, 1.54) is 18.7 Å². The number of rotatable bonds is 5. The van der Waals surface area contributed by atoms with Crippen molar-refractivity contribution < 1.29 is 9.59 Å². The summed E-state index contributed by atoms with van der Waals surface area (Å²) in [7, 11) is 0. The van der Waals surface area contributed by atoms with Gasteiger partial charge < -0.3 is 10.6 Å². The smallest absolute Gasteiger partial charge is 0.234 e. The highest BCUT2D eigenvalue weighted by Crippen LogP contribution is 2.23. The Morgan fingerprint density at radius 2 is 1.65 bits per heavy atom. The highest BCUT2D eigenvalue weighted by atomic mass is 32.2. The van der Waals surface area contributed by atoms with Crippen LogP contribution < -0.4 is 10.6 Å². The summed E-state index contributed by atoms with van der Waals surface area (Å²) in [5.74, 6) is 0.0457. The van der Waals surface area contributed by atoms with Crippen LogP contribution in [0.25, 0.3) is 10.9 Å². The molecule has 3 aromatic rings. The zero-order chi connectivity index (χ0) is 18.5. The van der Waals surface area contributed by atoms with Gasteiger partial charge in [0.25, 0.3) is 0 Å². The molecule has 0 aliphatic rings. The van der Waals surface area contributed by atoms with Gasteiger partial charge in [-0.25, -0.2) is 4.98 Å². The molecule has 0 fully saturated rings. The monoisotopic (exact) mass is 365 g/mol. The van der Waals surface area contributed by atoms with E-state index < -0.39 is 0 Å². The van der Waals surface area contributed by atoms with Gasteiger partial charge in [0.2, 0.25) is 11.8 Å². The molecule has 0 spiro atoms. The van der Waals surface area contributed by atoms with Crippen LogP contribution in [0.3, 0.4) is 0 Å². The number of fused-ring (bicyclic) bond motifs is 1. The van der Waals surface area contributed by atoms with Crippen molar-refractivity contribution in [3.63, 3.8) is 0 Å². The molecule has 0 atom stereocenters. The maximum Gasteiger partial charge on any atom is 0.234 e. The van der Waals surface area contributed by atoms with E-state index in [0.717, 1.165) is 21.5 Å². The van der Waals surface area contributed by atoms with Gasteiger partial charge in [-0.05, 0) is 48.9 Å². The van der Waals surface area contributed by atoms with E-state index in [1.807, 2.05) is 37.3 Å². The van der Waals surface area contributed by atoms with E-state index in [4.69, 9.17) is 0 Å². The molecule has 0 unspecified atom stereocenters. The first-order chi connectivity index (χ1) is 12.5. The second-order valence-electron chi connectivity index (χ2n) is 5.89. The van der Waals surface area contributed by atoms with E-state index in [1.54, 1.807) is 24.3 Å². The van der Waals surface area contributed by atoms with Crippen molar-refractivity contribution in [3.8, 4) is 0 Å². The number of aryl methyl sites for hydroxylation is 1. The molecule has 6 heteroatoms. The number of para-hydroxylation sites is 1. The lowest BCUT2D eigenvalue weighted by Crippen LogP contribution is -2.14. The Labute approximate surface area is 156 Å². The first-order valence-corrected chi connectivity index (χ1v) is 9.16. The molecular formula is C20H19N3O2S. The quantitative estimate of drug-likeness (QED) is 0.664. The summed E-state index contributed by atoms with van der Waals surface area (Å²) in [6, 6.07) is 17.0. The van der Waals surface area contributed by atoms with Crippen LogP contribution in [-0.2, 0) is 9.59 Å². The van der Waals surface area contributed by atoms with Crippen LogP contribution in [-0.4, -0.2) is 22.6 Å². The predicted octanol–water partition coefficient (Wildman–Crippen LogP) is 4.23. The molecule has 0 bridgehead atoms. The van der Waals surface area contributed by atoms with E-state index in [9.17, 15) is 9.59 Å². The SMILES string of the molecule is CC(=O)Nc1ccc(NC(=O)CSc2cc(C)c3ccccc3n2)cc1. The third-order valence-corrected chi connectivity index (χ3v) is 4.65. The molecule has 5 nitrogen and oxygen atoms in total. The van der Waals surface area contributed by atoms with E-state index in [0.29, 0.717) is 11.4 Å². The maximum atomic E-state index is 12.2. The number of anilines is 2. The van der Waals surface area contributed by atoms with Crippen LogP contribution in [0.2, 0.25) is 0 Å². The normalized spacial score (nSPS) is 10.5. The number of nitrogens with one attached hydrogen (secondary N) is 2. The Kier molecular flexibility index (Phi) is 5.53. The summed E-state index contributed by atoms with van der Waals surface area (Å²) in [5.41, 5.74) is 3.46. The fourth-order valence-corrected chi connectivity index (χ4v) is 3.34. The number of aromatic nitrogens is 1. The topological polar surface area (TPSA) is 71.1 Å². The number of hydrogen-bond donors (Lipinski definition) is 2. The van der Waals surface area contributed by atoms with Gasteiger partial charge in [0.05, 0.1) is 16.3 Å². The minimum Gasteiger partial charge on any atom is -0.326 e. The van der Waals surface area contributed by atoms with Gasteiger partial charge in [-0.3, -0.25) is 9.59 Å². The first kappa shape index (κ1) is 17.9. The lowest BCUT2D eigenvalue weighted by Gasteiger charge is -2.08. The minimum atomic E-state index is -0.128. The van der Waals surface area contributed by atoms with Gasteiger partial charge in [0.1, 0.15) is 0 Å². The molecule has 1 heterocycles. The molecule has 2 amide bonds. The van der Waals surface area contributed by atoms with Gasteiger partial charge in [-0.15, -0.1) is 0 Å². The summed E-state index contributed by atoms with van der Waals surface area (Å²) in [4.78, 5) is 27.8. The number of amides is 2. The number of thioether (sulfide) groups is 1. The van der Waals surface area contributed by atoms with Crippen molar-refractivity contribution in [2.45, 2.75) is 18.9 Å². The zero-order valence-corrected chi connectivity index (χ0v) is 15.4. The Morgan fingerprint density at radius 1 is 1.00 bits per heavy atom. The van der Waals surface area contributed by atoms with Gasteiger partial charge >= 0.3 is 0 Å². The minimum absolute atomic E-state index is 0.102. The molecule has 132 valence electrons. The molecular weight excluding hydrogens is 346 g/mol. The van der Waals surface area contributed by atoms with Gasteiger partial charge in [-0.2, -0.15) is 0 Å². The molecule has 0 aliphatic heterocycles.